The number of nitrogens with one attached hydrogen (secondary N) is 1. The van der Waals surface area contributed by atoms with Crippen LogP contribution in [-0.2, 0) is 4.79 Å². The first-order chi connectivity index (χ1) is 7.56. The van der Waals surface area contributed by atoms with E-state index in [-0.39, 0.29) is 11.3 Å². The number of Topliss-reactive ketones (excluding diaryl/α,β-unsaturated/α-hetero) is 1. The summed E-state index contributed by atoms with van der Waals surface area (Å²) in [6.07, 6.45) is 0. The van der Waals surface area contributed by atoms with E-state index in [1.54, 1.807) is 0 Å². The fourth-order valence-electron chi connectivity index (χ4n) is 1.27. The summed E-state index contributed by atoms with van der Waals surface area (Å²) in [4.78, 5) is 31.3. The van der Waals surface area contributed by atoms with Gasteiger partial charge in [0.25, 0.3) is 5.56 Å². The molecule has 0 unspecified atom stereocenters. The molecule has 2 rings (SSSR count). The van der Waals surface area contributed by atoms with Crippen LogP contribution in [0.1, 0.15) is 11.8 Å². The summed E-state index contributed by atoms with van der Waals surface area (Å²) in [6.45, 7) is 3.45. The van der Waals surface area contributed by atoms with Crippen molar-refractivity contribution in [2.24, 2.45) is 0 Å². The number of H-pyrrole nitrogens is 1. The molecule has 0 aromatic carbocycles. The van der Waals surface area contributed by atoms with Crippen LogP contribution in [0.25, 0.3) is 10.2 Å². The third-order valence-electron chi connectivity index (χ3n) is 1.92. The zero-order valence-corrected chi connectivity index (χ0v) is 10.5. The van der Waals surface area contributed by atoms with Gasteiger partial charge in [-0.15, -0.1) is 11.3 Å². The number of rotatable bonds is 3. The maximum atomic E-state index is 11.7. The molecular formula is C10H10N2O2S2. The second-order valence-corrected chi connectivity index (χ2v) is 5.64. The molecule has 0 bridgehead atoms. The van der Waals surface area contributed by atoms with E-state index in [1.165, 1.54) is 30.0 Å². The van der Waals surface area contributed by atoms with Crippen LogP contribution in [-0.4, -0.2) is 21.5 Å². The topological polar surface area (TPSA) is 62.8 Å². The molecule has 0 saturated carbocycles. The van der Waals surface area contributed by atoms with Crippen molar-refractivity contribution >= 4 is 39.1 Å². The molecule has 2 heterocycles. The summed E-state index contributed by atoms with van der Waals surface area (Å²) in [6, 6.07) is 1.82. The molecule has 0 aliphatic heterocycles. The average Bonchev–Trinajstić information content (AvgIpc) is 2.56. The number of nitrogens with zero attached hydrogens (tertiary/aromatic N) is 1. The maximum Gasteiger partial charge on any atom is 0.260 e. The number of thioether (sulfide) groups is 1. The van der Waals surface area contributed by atoms with Crippen LogP contribution in [0.15, 0.2) is 16.0 Å². The summed E-state index contributed by atoms with van der Waals surface area (Å²) in [7, 11) is 0. The van der Waals surface area contributed by atoms with Gasteiger partial charge in [-0.2, -0.15) is 0 Å². The van der Waals surface area contributed by atoms with Gasteiger partial charge in [0.15, 0.2) is 5.16 Å². The third kappa shape index (κ3) is 2.33. The van der Waals surface area contributed by atoms with Crippen LogP contribution in [0.4, 0.5) is 0 Å². The van der Waals surface area contributed by atoms with Gasteiger partial charge in [0.1, 0.15) is 10.6 Å². The molecule has 0 amide bonds. The summed E-state index contributed by atoms with van der Waals surface area (Å²) in [5.74, 6) is 0.397. The molecule has 0 saturated heterocycles. The highest BCUT2D eigenvalue weighted by Crippen LogP contribution is 2.22. The summed E-state index contributed by atoms with van der Waals surface area (Å²) in [5, 5.41) is 1.13. The number of aromatic nitrogens is 2. The van der Waals surface area contributed by atoms with Crippen molar-refractivity contribution in [1.29, 1.82) is 0 Å². The molecule has 6 heteroatoms. The standard InChI is InChI=1S/C10H10N2O2S2/c1-5(13)4-15-10-11-8(14)7-3-6(2)16-9(7)12-10/h3H,4H2,1-2H3,(H,11,12,14). The predicted octanol–water partition coefficient (Wildman–Crippen LogP) is 1.97. The Hall–Kier alpha value is -1.14. The Balaban J connectivity index is 2.41. The van der Waals surface area contributed by atoms with E-state index in [0.29, 0.717) is 16.3 Å². The second-order valence-electron chi connectivity index (χ2n) is 3.44. The number of fused-ring (bicyclic) bond motifs is 1. The largest absolute Gasteiger partial charge is 0.301 e. The number of hydrogen-bond donors (Lipinski definition) is 1. The molecule has 2 aromatic heterocycles. The van der Waals surface area contributed by atoms with E-state index in [0.717, 1.165) is 9.71 Å². The normalized spacial score (nSPS) is 10.9. The Morgan fingerprint density at radius 1 is 1.62 bits per heavy atom. The molecule has 0 aliphatic rings. The van der Waals surface area contributed by atoms with Crippen molar-refractivity contribution in [1.82, 2.24) is 9.97 Å². The summed E-state index contributed by atoms with van der Waals surface area (Å²) in [5.41, 5.74) is -0.139. The van der Waals surface area contributed by atoms with E-state index >= 15 is 0 Å². The first kappa shape index (κ1) is 11.3. The molecule has 0 atom stereocenters. The Morgan fingerprint density at radius 3 is 3.06 bits per heavy atom. The molecule has 84 valence electrons. The first-order valence-electron chi connectivity index (χ1n) is 4.69. The predicted molar refractivity (Wildman–Crippen MR) is 66.4 cm³/mol. The molecular weight excluding hydrogens is 244 g/mol. The lowest BCUT2D eigenvalue weighted by Crippen LogP contribution is -2.08. The molecule has 0 aliphatic carbocycles. The van der Waals surface area contributed by atoms with Crippen molar-refractivity contribution in [2.45, 2.75) is 19.0 Å². The van der Waals surface area contributed by atoms with Crippen molar-refractivity contribution in [2.75, 3.05) is 5.75 Å². The fraction of sp³-hybridized carbons (Fsp3) is 0.300. The minimum Gasteiger partial charge on any atom is -0.301 e. The van der Waals surface area contributed by atoms with Gasteiger partial charge in [0, 0.05) is 4.88 Å². The number of carbonyl (C=O) groups excluding carboxylic acids is 1. The van der Waals surface area contributed by atoms with Gasteiger partial charge < -0.3 is 4.98 Å². The second kappa shape index (κ2) is 4.39. The molecule has 0 fully saturated rings. The van der Waals surface area contributed by atoms with Gasteiger partial charge in [-0.25, -0.2) is 4.98 Å². The van der Waals surface area contributed by atoms with Gasteiger partial charge in [-0.3, -0.25) is 9.59 Å². The smallest absolute Gasteiger partial charge is 0.260 e. The van der Waals surface area contributed by atoms with Crippen LogP contribution in [0, 0.1) is 6.92 Å². The van der Waals surface area contributed by atoms with Crippen molar-refractivity contribution in [3.8, 4) is 0 Å². The molecule has 2 aromatic rings. The molecule has 0 radical (unpaired) electrons. The van der Waals surface area contributed by atoms with Crippen molar-refractivity contribution < 1.29 is 4.79 Å². The van der Waals surface area contributed by atoms with Gasteiger partial charge in [0.05, 0.1) is 11.1 Å². The molecule has 16 heavy (non-hydrogen) atoms. The Morgan fingerprint density at radius 2 is 2.38 bits per heavy atom. The lowest BCUT2D eigenvalue weighted by Gasteiger charge is -1.97. The van der Waals surface area contributed by atoms with E-state index in [9.17, 15) is 9.59 Å². The van der Waals surface area contributed by atoms with Crippen LogP contribution in [0.5, 0.6) is 0 Å². The first-order valence-corrected chi connectivity index (χ1v) is 6.49. The highest BCUT2D eigenvalue weighted by Gasteiger charge is 2.07. The zero-order valence-electron chi connectivity index (χ0n) is 8.86. The highest BCUT2D eigenvalue weighted by molar-refractivity contribution is 7.99. The van der Waals surface area contributed by atoms with Crippen LogP contribution in [0.2, 0.25) is 0 Å². The minimum absolute atomic E-state index is 0.0649. The quantitative estimate of drug-likeness (QED) is 0.672. The number of carbonyl (C=O) groups is 1. The number of ketones is 1. The van der Waals surface area contributed by atoms with Crippen molar-refractivity contribution in [3.63, 3.8) is 0 Å². The third-order valence-corrected chi connectivity index (χ3v) is 3.88. The molecule has 4 nitrogen and oxygen atoms in total. The number of hydrogen-bond acceptors (Lipinski definition) is 5. The SMILES string of the molecule is CC(=O)CSc1nc2sc(C)cc2c(=O)[nH]1. The van der Waals surface area contributed by atoms with Gasteiger partial charge >= 0.3 is 0 Å². The molecule has 1 N–H and O–H groups in total. The number of aromatic amines is 1. The van der Waals surface area contributed by atoms with E-state index in [2.05, 4.69) is 9.97 Å². The van der Waals surface area contributed by atoms with Crippen molar-refractivity contribution in [3.05, 3.63) is 21.3 Å². The summed E-state index contributed by atoms with van der Waals surface area (Å²) < 4.78 is 0. The lowest BCUT2D eigenvalue weighted by atomic mass is 10.4. The lowest BCUT2D eigenvalue weighted by molar-refractivity contribution is -0.114. The van der Waals surface area contributed by atoms with E-state index < -0.39 is 0 Å². The van der Waals surface area contributed by atoms with Gasteiger partial charge in [-0.05, 0) is 19.9 Å². The highest BCUT2D eigenvalue weighted by atomic mass is 32.2. The van der Waals surface area contributed by atoms with Gasteiger partial charge in [-0.1, -0.05) is 11.8 Å². The summed E-state index contributed by atoms with van der Waals surface area (Å²) >= 11 is 2.74. The Kier molecular flexibility index (Phi) is 3.11. The minimum atomic E-state index is -0.139. The monoisotopic (exact) mass is 254 g/mol. The van der Waals surface area contributed by atoms with Crippen LogP contribution in [0.3, 0.4) is 0 Å². The average molecular weight is 254 g/mol. The number of aryl methyl sites for hydroxylation is 1. The van der Waals surface area contributed by atoms with E-state index in [1.807, 2.05) is 13.0 Å². The van der Waals surface area contributed by atoms with Crippen LogP contribution < -0.4 is 5.56 Å². The van der Waals surface area contributed by atoms with Crippen LogP contribution >= 0.6 is 23.1 Å². The fourth-order valence-corrected chi connectivity index (χ4v) is 2.87. The maximum absolute atomic E-state index is 11.7. The Labute approximate surface area is 100 Å². The zero-order chi connectivity index (χ0) is 11.7. The van der Waals surface area contributed by atoms with Gasteiger partial charge in [0.2, 0.25) is 0 Å². The Bertz CT molecular complexity index is 600. The molecule has 0 spiro atoms. The number of thiophene rings is 1. The van der Waals surface area contributed by atoms with E-state index in [4.69, 9.17) is 0 Å².